The van der Waals surface area contributed by atoms with E-state index in [0.29, 0.717) is 5.56 Å². The van der Waals surface area contributed by atoms with Crippen molar-refractivity contribution in [2.45, 2.75) is 44.6 Å². The molecule has 1 aromatic rings. The Hall–Kier alpha value is -1.73. The Morgan fingerprint density at radius 3 is 2.41 bits per heavy atom. The van der Waals surface area contributed by atoms with Crippen LogP contribution >= 0.6 is 0 Å². The predicted molar refractivity (Wildman–Crippen MR) is 82.3 cm³/mol. The van der Waals surface area contributed by atoms with E-state index < -0.39 is 22.0 Å². The van der Waals surface area contributed by atoms with Crippen molar-refractivity contribution in [1.29, 1.82) is 0 Å². The van der Waals surface area contributed by atoms with Gasteiger partial charge in [0.05, 0.1) is 4.90 Å². The standard InChI is InChI=1S/C15H21NO5S/c1-4-14(17)11-6-5-7-12(9-11)22(20,21)16-13(15(18)19)8-10(2)3/h5-7,9-10,13,16H,4,8H2,1-3H3,(H,18,19)/t13-/m1/s1. The molecule has 0 saturated carbocycles. The van der Waals surface area contributed by atoms with E-state index in [1.54, 1.807) is 6.92 Å². The molecule has 0 unspecified atom stereocenters. The Labute approximate surface area is 130 Å². The highest BCUT2D eigenvalue weighted by Gasteiger charge is 2.26. The van der Waals surface area contributed by atoms with Crippen LogP contribution in [0.1, 0.15) is 44.0 Å². The molecule has 0 radical (unpaired) electrons. The van der Waals surface area contributed by atoms with Crippen molar-refractivity contribution in [3.8, 4) is 0 Å². The number of aliphatic carboxylic acids is 1. The zero-order valence-electron chi connectivity index (χ0n) is 12.9. The van der Waals surface area contributed by atoms with Crippen LogP contribution in [-0.4, -0.2) is 31.3 Å². The van der Waals surface area contributed by atoms with E-state index in [1.165, 1.54) is 24.3 Å². The number of rotatable bonds is 8. The van der Waals surface area contributed by atoms with E-state index in [2.05, 4.69) is 4.72 Å². The molecule has 22 heavy (non-hydrogen) atoms. The van der Waals surface area contributed by atoms with Gasteiger partial charge in [-0.15, -0.1) is 0 Å². The Bertz CT molecular complexity index is 652. The fourth-order valence-corrected chi connectivity index (χ4v) is 3.21. The summed E-state index contributed by atoms with van der Waals surface area (Å²) in [6, 6.07) is 4.41. The highest BCUT2D eigenvalue weighted by Crippen LogP contribution is 2.15. The molecule has 7 heteroatoms. The quantitative estimate of drug-likeness (QED) is 0.712. The molecule has 1 rings (SSSR count). The summed E-state index contributed by atoms with van der Waals surface area (Å²) in [5.41, 5.74) is 0.293. The summed E-state index contributed by atoms with van der Waals surface area (Å²) in [6.45, 7) is 5.31. The zero-order valence-corrected chi connectivity index (χ0v) is 13.7. The van der Waals surface area contributed by atoms with E-state index in [-0.39, 0.29) is 29.4 Å². The minimum absolute atomic E-state index is 0.0248. The van der Waals surface area contributed by atoms with Gasteiger partial charge in [-0.25, -0.2) is 8.42 Å². The van der Waals surface area contributed by atoms with Crippen LogP contribution in [0.25, 0.3) is 0 Å². The normalized spacial score (nSPS) is 13.1. The molecule has 1 aromatic carbocycles. The van der Waals surface area contributed by atoms with Gasteiger partial charge >= 0.3 is 5.97 Å². The number of carboxylic acid groups (broad SMARTS) is 1. The van der Waals surface area contributed by atoms with Gasteiger partial charge in [0.2, 0.25) is 10.0 Å². The van der Waals surface area contributed by atoms with Crippen molar-refractivity contribution < 1.29 is 23.1 Å². The number of sulfonamides is 1. The molecule has 0 aliphatic rings. The Morgan fingerprint density at radius 2 is 1.91 bits per heavy atom. The van der Waals surface area contributed by atoms with Gasteiger partial charge in [-0.05, 0) is 24.5 Å². The van der Waals surface area contributed by atoms with Crippen molar-refractivity contribution in [3.63, 3.8) is 0 Å². The van der Waals surface area contributed by atoms with E-state index in [9.17, 15) is 18.0 Å². The highest BCUT2D eigenvalue weighted by atomic mass is 32.2. The maximum Gasteiger partial charge on any atom is 0.321 e. The summed E-state index contributed by atoms with van der Waals surface area (Å²) >= 11 is 0. The number of hydrogen-bond acceptors (Lipinski definition) is 4. The molecule has 0 bridgehead atoms. The fraction of sp³-hybridized carbons (Fsp3) is 0.467. The Balaban J connectivity index is 3.08. The lowest BCUT2D eigenvalue weighted by molar-refractivity contribution is -0.139. The molecule has 2 N–H and O–H groups in total. The first-order chi connectivity index (χ1) is 10.2. The molecular formula is C15H21NO5S. The summed E-state index contributed by atoms with van der Waals surface area (Å²) in [5, 5.41) is 9.13. The molecular weight excluding hydrogens is 306 g/mol. The number of carboxylic acids is 1. The molecule has 0 spiro atoms. The SMILES string of the molecule is CCC(=O)c1cccc(S(=O)(=O)N[C@H](CC(C)C)C(=O)O)c1. The van der Waals surface area contributed by atoms with Gasteiger partial charge in [0, 0.05) is 12.0 Å². The molecule has 0 amide bonds. The number of benzene rings is 1. The third-order valence-corrected chi connectivity index (χ3v) is 4.56. The van der Waals surface area contributed by atoms with E-state index >= 15 is 0 Å². The molecule has 122 valence electrons. The molecule has 6 nitrogen and oxygen atoms in total. The van der Waals surface area contributed by atoms with Gasteiger partial charge in [0.25, 0.3) is 0 Å². The van der Waals surface area contributed by atoms with Crippen molar-refractivity contribution >= 4 is 21.8 Å². The van der Waals surface area contributed by atoms with Gasteiger partial charge in [-0.1, -0.05) is 32.9 Å². The zero-order chi connectivity index (χ0) is 16.9. The van der Waals surface area contributed by atoms with Crippen LogP contribution in [0.15, 0.2) is 29.2 Å². The van der Waals surface area contributed by atoms with Crippen LogP contribution < -0.4 is 4.72 Å². The van der Waals surface area contributed by atoms with Crippen molar-refractivity contribution in [1.82, 2.24) is 4.72 Å². The average Bonchev–Trinajstić information content (AvgIpc) is 2.45. The lowest BCUT2D eigenvalue weighted by atomic mass is 10.1. The fourth-order valence-electron chi connectivity index (χ4n) is 1.97. The van der Waals surface area contributed by atoms with E-state index in [1.807, 2.05) is 13.8 Å². The van der Waals surface area contributed by atoms with Gasteiger partial charge < -0.3 is 5.11 Å². The van der Waals surface area contributed by atoms with Gasteiger partial charge in [0.15, 0.2) is 5.78 Å². The number of hydrogen-bond donors (Lipinski definition) is 2. The van der Waals surface area contributed by atoms with Crippen LogP contribution in [0.2, 0.25) is 0 Å². The van der Waals surface area contributed by atoms with Crippen LogP contribution in [-0.2, 0) is 14.8 Å². The maximum absolute atomic E-state index is 12.3. The van der Waals surface area contributed by atoms with Gasteiger partial charge in [-0.2, -0.15) is 4.72 Å². The van der Waals surface area contributed by atoms with Crippen LogP contribution in [0.4, 0.5) is 0 Å². The van der Waals surface area contributed by atoms with Gasteiger partial charge in [-0.3, -0.25) is 9.59 Å². The smallest absolute Gasteiger partial charge is 0.321 e. The highest BCUT2D eigenvalue weighted by molar-refractivity contribution is 7.89. The van der Waals surface area contributed by atoms with E-state index in [4.69, 9.17) is 5.11 Å². The molecule has 0 aliphatic heterocycles. The minimum Gasteiger partial charge on any atom is -0.480 e. The van der Waals surface area contributed by atoms with Crippen LogP contribution in [0.5, 0.6) is 0 Å². The van der Waals surface area contributed by atoms with Crippen LogP contribution in [0.3, 0.4) is 0 Å². The second kappa shape index (κ2) is 7.51. The molecule has 0 saturated heterocycles. The molecule has 0 fully saturated rings. The molecule has 0 aromatic heterocycles. The summed E-state index contributed by atoms with van der Waals surface area (Å²) in [6.07, 6.45) is 0.449. The van der Waals surface area contributed by atoms with Crippen molar-refractivity contribution in [3.05, 3.63) is 29.8 Å². The molecule has 0 heterocycles. The number of carbonyl (C=O) groups is 2. The summed E-state index contributed by atoms with van der Waals surface area (Å²) in [4.78, 5) is 22.7. The van der Waals surface area contributed by atoms with Crippen molar-refractivity contribution in [2.75, 3.05) is 0 Å². The number of Topliss-reactive ketones (excluding diaryl/α,β-unsaturated/α-hetero) is 1. The average molecular weight is 327 g/mol. The topological polar surface area (TPSA) is 101 Å². The summed E-state index contributed by atoms with van der Waals surface area (Å²) in [7, 11) is -4.00. The second-order valence-corrected chi connectivity index (χ2v) is 7.16. The molecule has 0 aliphatic carbocycles. The third kappa shape index (κ3) is 4.92. The summed E-state index contributed by atoms with van der Waals surface area (Å²) in [5.74, 6) is -1.37. The number of nitrogens with one attached hydrogen (secondary N) is 1. The van der Waals surface area contributed by atoms with Gasteiger partial charge in [0.1, 0.15) is 6.04 Å². The maximum atomic E-state index is 12.3. The van der Waals surface area contributed by atoms with E-state index in [0.717, 1.165) is 0 Å². The first kappa shape index (κ1) is 18.3. The lowest BCUT2D eigenvalue weighted by Gasteiger charge is -2.16. The minimum atomic E-state index is -4.00. The lowest BCUT2D eigenvalue weighted by Crippen LogP contribution is -2.41. The largest absolute Gasteiger partial charge is 0.480 e. The monoisotopic (exact) mass is 327 g/mol. The second-order valence-electron chi connectivity index (χ2n) is 5.45. The number of carbonyl (C=O) groups excluding carboxylic acids is 1. The Morgan fingerprint density at radius 1 is 1.27 bits per heavy atom. The predicted octanol–water partition coefficient (Wildman–Crippen LogP) is 2.06. The Kier molecular flexibility index (Phi) is 6.25. The third-order valence-electron chi connectivity index (χ3n) is 3.09. The number of ketones is 1. The first-order valence-corrected chi connectivity index (χ1v) is 8.54. The summed E-state index contributed by atoms with van der Waals surface area (Å²) < 4.78 is 26.8. The molecule has 1 atom stereocenters. The van der Waals surface area contributed by atoms with Crippen molar-refractivity contribution in [2.24, 2.45) is 5.92 Å². The van der Waals surface area contributed by atoms with Crippen LogP contribution in [0, 0.1) is 5.92 Å². The first-order valence-electron chi connectivity index (χ1n) is 7.05.